The molecule has 4 nitrogen and oxygen atoms in total. The van der Waals surface area contributed by atoms with Gasteiger partial charge in [0, 0.05) is 23.7 Å². The van der Waals surface area contributed by atoms with Crippen LogP contribution < -0.4 is 5.84 Å². The minimum Gasteiger partial charge on any atom is -0.323 e. The zero-order valence-corrected chi connectivity index (χ0v) is 11.8. The minimum absolute atomic E-state index is 0.635. The van der Waals surface area contributed by atoms with Crippen LogP contribution in [0, 0.1) is 6.92 Å². The van der Waals surface area contributed by atoms with Crippen molar-refractivity contribution in [1.29, 1.82) is 0 Å². The second-order valence-corrected chi connectivity index (χ2v) is 4.90. The number of benzene rings is 1. The molecular weight excluding hydrogens is 260 g/mol. The van der Waals surface area contributed by atoms with Crippen LogP contribution in [0.5, 0.6) is 0 Å². The number of aryl methyl sites for hydroxylation is 1. The van der Waals surface area contributed by atoms with Crippen LogP contribution >= 0.6 is 0 Å². The van der Waals surface area contributed by atoms with Gasteiger partial charge < -0.3 is 5.84 Å². The molecule has 4 heteroatoms. The molecule has 0 amide bonds. The summed E-state index contributed by atoms with van der Waals surface area (Å²) in [5.74, 6) is 5.58. The van der Waals surface area contributed by atoms with Gasteiger partial charge in [-0.05, 0) is 36.8 Å². The third-order valence-corrected chi connectivity index (χ3v) is 3.44. The van der Waals surface area contributed by atoms with Crippen molar-refractivity contribution in [3.8, 4) is 0 Å². The van der Waals surface area contributed by atoms with Crippen LogP contribution in [0.4, 0.5) is 0 Å². The lowest BCUT2D eigenvalue weighted by Gasteiger charge is -2.08. The van der Waals surface area contributed by atoms with Crippen molar-refractivity contribution < 1.29 is 0 Å². The van der Waals surface area contributed by atoms with Crippen LogP contribution in [0.3, 0.4) is 0 Å². The van der Waals surface area contributed by atoms with Crippen LogP contribution in [-0.4, -0.2) is 15.7 Å². The van der Waals surface area contributed by atoms with Gasteiger partial charge in [-0.25, -0.2) is 0 Å². The quantitative estimate of drug-likeness (QED) is 0.454. The highest BCUT2D eigenvalue weighted by molar-refractivity contribution is 6.02. The van der Waals surface area contributed by atoms with E-state index in [9.17, 15) is 0 Å². The molecule has 2 N–H and O–H groups in total. The predicted molar refractivity (Wildman–Crippen MR) is 85.1 cm³/mol. The molecular formula is C17H16N4. The number of aromatic nitrogens is 2. The Kier molecular flexibility index (Phi) is 3.60. The van der Waals surface area contributed by atoms with Crippen molar-refractivity contribution in [2.45, 2.75) is 13.3 Å². The van der Waals surface area contributed by atoms with Gasteiger partial charge in [-0.3, -0.25) is 9.97 Å². The van der Waals surface area contributed by atoms with Crippen LogP contribution in [0.25, 0.3) is 10.9 Å². The number of fused-ring (bicyclic) bond motifs is 1. The predicted octanol–water partition coefficient (Wildman–Crippen LogP) is 2.84. The first kappa shape index (κ1) is 13.2. The van der Waals surface area contributed by atoms with E-state index in [1.807, 2.05) is 55.6 Å². The number of nitrogens with two attached hydrogens (primary N) is 1. The third-order valence-electron chi connectivity index (χ3n) is 3.44. The lowest BCUT2D eigenvalue weighted by atomic mass is 10.0. The molecule has 0 saturated carbocycles. The van der Waals surface area contributed by atoms with Crippen molar-refractivity contribution in [2.24, 2.45) is 10.9 Å². The van der Waals surface area contributed by atoms with Crippen LogP contribution in [0.2, 0.25) is 0 Å². The van der Waals surface area contributed by atoms with Gasteiger partial charge in [0.25, 0.3) is 0 Å². The summed E-state index contributed by atoms with van der Waals surface area (Å²) in [5.41, 5.74) is 4.67. The van der Waals surface area contributed by atoms with E-state index in [1.54, 1.807) is 0 Å². The summed E-state index contributed by atoms with van der Waals surface area (Å²) < 4.78 is 0. The van der Waals surface area contributed by atoms with E-state index >= 15 is 0 Å². The van der Waals surface area contributed by atoms with E-state index in [0.29, 0.717) is 6.42 Å². The molecule has 3 aromatic rings. The normalized spacial score (nSPS) is 11.8. The molecule has 0 aliphatic heterocycles. The van der Waals surface area contributed by atoms with Gasteiger partial charge in [-0.1, -0.05) is 24.3 Å². The number of hydrogen-bond acceptors (Lipinski definition) is 4. The van der Waals surface area contributed by atoms with E-state index in [4.69, 9.17) is 5.84 Å². The molecule has 0 bridgehead atoms. The van der Waals surface area contributed by atoms with Gasteiger partial charge in [0.2, 0.25) is 0 Å². The van der Waals surface area contributed by atoms with E-state index in [0.717, 1.165) is 33.6 Å². The first-order valence-electron chi connectivity index (χ1n) is 6.81. The van der Waals surface area contributed by atoms with Crippen molar-refractivity contribution in [3.63, 3.8) is 0 Å². The Balaban J connectivity index is 2.01. The molecule has 104 valence electrons. The lowest BCUT2D eigenvalue weighted by molar-refractivity contribution is 1.13. The van der Waals surface area contributed by atoms with Gasteiger partial charge in [0.1, 0.15) is 0 Å². The fourth-order valence-electron chi connectivity index (χ4n) is 2.40. The second-order valence-electron chi connectivity index (χ2n) is 4.90. The highest BCUT2D eigenvalue weighted by Crippen LogP contribution is 2.18. The zero-order valence-electron chi connectivity index (χ0n) is 11.8. The molecule has 0 aliphatic carbocycles. The van der Waals surface area contributed by atoms with Gasteiger partial charge in [-0.15, -0.1) is 0 Å². The minimum atomic E-state index is 0.635. The van der Waals surface area contributed by atoms with E-state index < -0.39 is 0 Å². The Bertz CT molecular complexity index is 803. The summed E-state index contributed by atoms with van der Waals surface area (Å²) in [4.78, 5) is 8.87. The smallest absolute Gasteiger partial charge is 0.0900 e. The SMILES string of the molecule is Cc1cccc(/C(Cc2ccnc3ccccc23)=N\N)n1. The average Bonchev–Trinajstić information content (AvgIpc) is 2.52. The molecule has 0 atom stereocenters. The standard InChI is InChI=1S/C17H16N4/c1-12-5-4-8-16(20-12)17(21-18)11-13-9-10-19-15-7-3-2-6-14(13)15/h2-10H,11,18H2,1H3/b21-17-. The van der Waals surface area contributed by atoms with Crippen molar-refractivity contribution >= 4 is 16.6 Å². The molecule has 21 heavy (non-hydrogen) atoms. The summed E-state index contributed by atoms with van der Waals surface area (Å²) in [5, 5.41) is 5.05. The molecule has 0 saturated heterocycles. The fourth-order valence-corrected chi connectivity index (χ4v) is 2.40. The maximum atomic E-state index is 5.58. The molecule has 0 aliphatic rings. The molecule has 2 aromatic heterocycles. The summed E-state index contributed by atoms with van der Waals surface area (Å²) in [7, 11) is 0. The molecule has 0 radical (unpaired) electrons. The molecule has 0 unspecified atom stereocenters. The average molecular weight is 276 g/mol. The Morgan fingerprint density at radius 3 is 2.76 bits per heavy atom. The molecule has 1 aromatic carbocycles. The second kappa shape index (κ2) is 5.71. The maximum Gasteiger partial charge on any atom is 0.0900 e. The van der Waals surface area contributed by atoms with Crippen molar-refractivity contribution in [3.05, 3.63) is 71.7 Å². The van der Waals surface area contributed by atoms with Crippen molar-refractivity contribution in [1.82, 2.24) is 9.97 Å². The largest absolute Gasteiger partial charge is 0.323 e. The number of hydrazone groups is 1. The molecule has 0 fully saturated rings. The summed E-state index contributed by atoms with van der Waals surface area (Å²) in [6, 6.07) is 15.9. The van der Waals surface area contributed by atoms with Crippen LogP contribution in [0.1, 0.15) is 17.0 Å². The van der Waals surface area contributed by atoms with Gasteiger partial charge in [0.05, 0.1) is 16.9 Å². The number of rotatable bonds is 3. The van der Waals surface area contributed by atoms with E-state index in [-0.39, 0.29) is 0 Å². The topological polar surface area (TPSA) is 64.2 Å². The fraction of sp³-hybridized carbons (Fsp3) is 0.118. The van der Waals surface area contributed by atoms with Gasteiger partial charge in [-0.2, -0.15) is 5.10 Å². The summed E-state index contributed by atoms with van der Waals surface area (Å²) in [6.07, 6.45) is 2.45. The Labute approximate surface area is 123 Å². The third kappa shape index (κ3) is 2.74. The van der Waals surface area contributed by atoms with Crippen molar-refractivity contribution in [2.75, 3.05) is 0 Å². The Morgan fingerprint density at radius 1 is 1.10 bits per heavy atom. The monoisotopic (exact) mass is 276 g/mol. The Morgan fingerprint density at radius 2 is 1.95 bits per heavy atom. The van der Waals surface area contributed by atoms with Crippen LogP contribution in [-0.2, 0) is 6.42 Å². The molecule has 3 rings (SSSR count). The summed E-state index contributed by atoms with van der Waals surface area (Å²) in [6.45, 7) is 1.96. The Hall–Kier alpha value is -2.75. The lowest BCUT2D eigenvalue weighted by Crippen LogP contribution is -2.11. The number of pyridine rings is 2. The van der Waals surface area contributed by atoms with E-state index in [2.05, 4.69) is 21.1 Å². The highest BCUT2D eigenvalue weighted by atomic mass is 15.1. The summed E-state index contributed by atoms with van der Waals surface area (Å²) >= 11 is 0. The highest BCUT2D eigenvalue weighted by Gasteiger charge is 2.09. The molecule has 2 heterocycles. The van der Waals surface area contributed by atoms with Gasteiger partial charge >= 0.3 is 0 Å². The van der Waals surface area contributed by atoms with Gasteiger partial charge in [0.15, 0.2) is 0 Å². The zero-order chi connectivity index (χ0) is 14.7. The number of nitrogens with zero attached hydrogens (tertiary/aromatic N) is 3. The maximum absolute atomic E-state index is 5.58. The first-order chi connectivity index (χ1) is 10.3. The van der Waals surface area contributed by atoms with E-state index in [1.165, 1.54) is 0 Å². The number of hydrogen-bond donors (Lipinski definition) is 1. The molecule has 0 spiro atoms. The first-order valence-corrected chi connectivity index (χ1v) is 6.81. The number of para-hydroxylation sites is 1. The van der Waals surface area contributed by atoms with Crippen LogP contribution in [0.15, 0.2) is 59.8 Å².